The zero-order valence-corrected chi connectivity index (χ0v) is 13.0. The van der Waals surface area contributed by atoms with Gasteiger partial charge in [0.05, 0.1) is 10.7 Å². The number of hydrogen-bond acceptors (Lipinski definition) is 3. The molecule has 0 radical (unpaired) electrons. The second kappa shape index (κ2) is 7.04. The number of rotatable bonds is 4. The first-order chi connectivity index (χ1) is 10.5. The Hall–Kier alpha value is -2.40. The molecule has 2 aromatic rings. The van der Waals surface area contributed by atoms with Crippen LogP contribution < -0.4 is 10.6 Å². The van der Waals surface area contributed by atoms with Gasteiger partial charge in [0, 0.05) is 17.8 Å². The summed E-state index contributed by atoms with van der Waals surface area (Å²) in [4.78, 5) is 27.6. The van der Waals surface area contributed by atoms with E-state index in [1.54, 1.807) is 56.4 Å². The van der Waals surface area contributed by atoms with Gasteiger partial charge in [-0.05, 0) is 30.3 Å². The minimum Gasteiger partial charge on any atom is -0.325 e. The molecule has 2 amide bonds. The lowest BCUT2D eigenvalue weighted by Gasteiger charge is -2.11. The molecule has 1 heterocycles. The van der Waals surface area contributed by atoms with Crippen molar-refractivity contribution in [1.82, 2.24) is 4.98 Å². The summed E-state index contributed by atoms with van der Waals surface area (Å²) in [6.45, 7) is 3.59. The predicted octanol–water partition coefficient (Wildman–Crippen LogP) is 3.58. The topological polar surface area (TPSA) is 71.1 Å². The Labute approximate surface area is 133 Å². The lowest BCUT2D eigenvalue weighted by Crippen LogP contribution is -2.18. The normalized spacial score (nSPS) is 10.4. The van der Waals surface area contributed by atoms with Crippen LogP contribution in [0.25, 0.3) is 0 Å². The Morgan fingerprint density at radius 3 is 2.50 bits per heavy atom. The molecule has 0 bridgehead atoms. The zero-order chi connectivity index (χ0) is 16.1. The van der Waals surface area contributed by atoms with Crippen molar-refractivity contribution in [1.29, 1.82) is 0 Å². The van der Waals surface area contributed by atoms with Crippen LogP contribution in [0.5, 0.6) is 0 Å². The molecule has 0 saturated heterocycles. The van der Waals surface area contributed by atoms with Crippen molar-refractivity contribution in [3.63, 3.8) is 0 Å². The number of benzene rings is 1. The van der Waals surface area contributed by atoms with Crippen molar-refractivity contribution in [2.24, 2.45) is 5.92 Å². The highest BCUT2D eigenvalue weighted by Crippen LogP contribution is 2.26. The highest BCUT2D eigenvalue weighted by molar-refractivity contribution is 6.34. The second-order valence-corrected chi connectivity index (χ2v) is 5.41. The van der Waals surface area contributed by atoms with E-state index in [2.05, 4.69) is 15.6 Å². The van der Waals surface area contributed by atoms with E-state index in [0.29, 0.717) is 22.1 Å². The van der Waals surface area contributed by atoms with E-state index in [9.17, 15) is 9.59 Å². The number of aromatic nitrogens is 1. The second-order valence-electron chi connectivity index (χ2n) is 5.01. The molecule has 0 saturated carbocycles. The van der Waals surface area contributed by atoms with Crippen molar-refractivity contribution in [2.45, 2.75) is 13.8 Å². The molecule has 0 unspecified atom stereocenters. The molecule has 0 atom stereocenters. The maximum atomic E-state index is 12.0. The van der Waals surface area contributed by atoms with E-state index >= 15 is 0 Å². The third kappa shape index (κ3) is 4.05. The quantitative estimate of drug-likeness (QED) is 0.905. The number of pyridine rings is 1. The maximum absolute atomic E-state index is 12.0. The van der Waals surface area contributed by atoms with Crippen molar-refractivity contribution in [2.75, 3.05) is 10.6 Å². The van der Waals surface area contributed by atoms with E-state index in [1.165, 1.54) is 0 Å². The van der Waals surface area contributed by atoms with Gasteiger partial charge in [0.25, 0.3) is 5.91 Å². The third-order valence-corrected chi connectivity index (χ3v) is 3.22. The van der Waals surface area contributed by atoms with Crippen LogP contribution in [0.15, 0.2) is 42.6 Å². The molecule has 0 aliphatic rings. The van der Waals surface area contributed by atoms with E-state index in [-0.39, 0.29) is 17.7 Å². The summed E-state index contributed by atoms with van der Waals surface area (Å²) in [5, 5.41) is 5.78. The zero-order valence-electron chi connectivity index (χ0n) is 12.3. The highest BCUT2D eigenvalue weighted by atomic mass is 35.5. The number of anilines is 2. The number of nitrogens with one attached hydrogen (secondary N) is 2. The number of hydrogen-bond donors (Lipinski definition) is 2. The Kier molecular flexibility index (Phi) is 5.12. The summed E-state index contributed by atoms with van der Waals surface area (Å²) in [5.41, 5.74) is 1.36. The smallest absolute Gasteiger partial charge is 0.274 e. The van der Waals surface area contributed by atoms with Crippen LogP contribution in [-0.4, -0.2) is 16.8 Å². The monoisotopic (exact) mass is 317 g/mol. The summed E-state index contributed by atoms with van der Waals surface area (Å²) in [6.07, 6.45) is 1.55. The fourth-order valence-electron chi connectivity index (χ4n) is 1.66. The average Bonchev–Trinajstić information content (AvgIpc) is 2.50. The summed E-state index contributed by atoms with van der Waals surface area (Å²) in [6, 6.07) is 9.99. The highest BCUT2D eigenvalue weighted by Gasteiger charge is 2.11. The molecule has 22 heavy (non-hydrogen) atoms. The van der Waals surface area contributed by atoms with Crippen LogP contribution in [0.4, 0.5) is 11.4 Å². The Balaban J connectivity index is 2.09. The summed E-state index contributed by atoms with van der Waals surface area (Å²) < 4.78 is 0. The van der Waals surface area contributed by atoms with Crippen LogP contribution >= 0.6 is 11.6 Å². The van der Waals surface area contributed by atoms with Crippen molar-refractivity contribution < 1.29 is 9.59 Å². The molecular formula is C16H16ClN3O2. The van der Waals surface area contributed by atoms with Gasteiger partial charge in [0.1, 0.15) is 5.69 Å². The fraction of sp³-hybridized carbons (Fsp3) is 0.188. The first-order valence-corrected chi connectivity index (χ1v) is 7.18. The number of carbonyl (C=O) groups is 2. The van der Waals surface area contributed by atoms with E-state index in [4.69, 9.17) is 11.6 Å². The first kappa shape index (κ1) is 16.0. The SMILES string of the molecule is CC(C)C(=O)Nc1ccc(NC(=O)c2ccccn2)cc1Cl. The summed E-state index contributed by atoms with van der Waals surface area (Å²) in [7, 11) is 0. The minimum absolute atomic E-state index is 0.118. The van der Waals surface area contributed by atoms with Crippen LogP contribution in [0.1, 0.15) is 24.3 Å². The molecule has 1 aromatic heterocycles. The average molecular weight is 318 g/mol. The predicted molar refractivity (Wildman–Crippen MR) is 87.1 cm³/mol. The fourth-order valence-corrected chi connectivity index (χ4v) is 1.89. The molecule has 2 rings (SSSR count). The number of nitrogens with zero attached hydrogens (tertiary/aromatic N) is 1. The van der Waals surface area contributed by atoms with Crippen molar-refractivity contribution in [3.05, 3.63) is 53.3 Å². The largest absolute Gasteiger partial charge is 0.325 e. The molecule has 6 heteroatoms. The van der Waals surface area contributed by atoms with Gasteiger partial charge in [-0.3, -0.25) is 14.6 Å². The van der Waals surface area contributed by atoms with Gasteiger partial charge in [0.2, 0.25) is 5.91 Å². The Bertz CT molecular complexity index is 687. The molecule has 0 fully saturated rings. The number of amides is 2. The van der Waals surface area contributed by atoms with Gasteiger partial charge in [0.15, 0.2) is 0 Å². The van der Waals surface area contributed by atoms with Gasteiger partial charge in [-0.1, -0.05) is 31.5 Å². The van der Waals surface area contributed by atoms with Crippen LogP contribution in [0, 0.1) is 5.92 Å². The molecule has 114 valence electrons. The third-order valence-electron chi connectivity index (χ3n) is 2.91. The molecule has 1 aromatic carbocycles. The molecule has 5 nitrogen and oxygen atoms in total. The molecule has 0 aliphatic heterocycles. The Morgan fingerprint density at radius 1 is 1.14 bits per heavy atom. The molecule has 2 N–H and O–H groups in total. The van der Waals surface area contributed by atoms with Gasteiger partial charge in [-0.2, -0.15) is 0 Å². The van der Waals surface area contributed by atoms with Gasteiger partial charge in [-0.25, -0.2) is 0 Å². The van der Waals surface area contributed by atoms with Gasteiger partial charge < -0.3 is 10.6 Å². The van der Waals surface area contributed by atoms with Crippen molar-refractivity contribution >= 4 is 34.8 Å². The van der Waals surface area contributed by atoms with Gasteiger partial charge in [-0.15, -0.1) is 0 Å². The number of carbonyl (C=O) groups excluding carboxylic acids is 2. The molecule has 0 spiro atoms. The van der Waals surface area contributed by atoms with Crippen molar-refractivity contribution in [3.8, 4) is 0 Å². The van der Waals surface area contributed by atoms with Crippen LogP contribution in [-0.2, 0) is 4.79 Å². The standard InChI is InChI=1S/C16H16ClN3O2/c1-10(2)15(21)20-13-7-6-11(9-12(13)17)19-16(22)14-5-3-4-8-18-14/h3-10H,1-2H3,(H,19,22)(H,20,21). The van der Waals surface area contributed by atoms with Crippen LogP contribution in [0.2, 0.25) is 5.02 Å². The van der Waals surface area contributed by atoms with E-state index in [1.807, 2.05) is 0 Å². The summed E-state index contributed by atoms with van der Waals surface area (Å²) in [5.74, 6) is -0.581. The van der Waals surface area contributed by atoms with Gasteiger partial charge >= 0.3 is 0 Å². The lowest BCUT2D eigenvalue weighted by molar-refractivity contribution is -0.118. The molecular weight excluding hydrogens is 302 g/mol. The van der Waals surface area contributed by atoms with E-state index in [0.717, 1.165) is 0 Å². The summed E-state index contributed by atoms with van der Waals surface area (Å²) >= 11 is 6.13. The van der Waals surface area contributed by atoms with Crippen LogP contribution in [0.3, 0.4) is 0 Å². The first-order valence-electron chi connectivity index (χ1n) is 6.80. The molecule has 0 aliphatic carbocycles. The van der Waals surface area contributed by atoms with E-state index < -0.39 is 0 Å². The maximum Gasteiger partial charge on any atom is 0.274 e. The minimum atomic E-state index is -0.323. The lowest BCUT2D eigenvalue weighted by atomic mass is 10.2. The number of halogens is 1. The Morgan fingerprint density at radius 2 is 1.91 bits per heavy atom.